The van der Waals surface area contributed by atoms with Crippen molar-refractivity contribution in [2.75, 3.05) is 0 Å². The summed E-state index contributed by atoms with van der Waals surface area (Å²) >= 11 is 0. The molecule has 2 aromatic rings. The molecule has 0 bridgehead atoms. The molecule has 0 aliphatic heterocycles. The van der Waals surface area contributed by atoms with E-state index in [1.807, 2.05) is 0 Å². The molecule has 0 saturated heterocycles. The molecule has 0 radical (unpaired) electrons. The van der Waals surface area contributed by atoms with Gasteiger partial charge in [0.1, 0.15) is 0 Å². The maximum atomic E-state index is 12.5. The van der Waals surface area contributed by atoms with Crippen molar-refractivity contribution in [2.45, 2.75) is 53.0 Å². The van der Waals surface area contributed by atoms with Crippen LogP contribution in [-0.2, 0) is 20.6 Å². The van der Waals surface area contributed by atoms with Gasteiger partial charge in [0.2, 0.25) is 0 Å². The Kier molecular flexibility index (Phi) is 4.58. The van der Waals surface area contributed by atoms with E-state index < -0.39 is 0 Å². The molecule has 22 heavy (non-hydrogen) atoms. The number of unbranched alkanes of at least 4 members (excludes halogenated alkanes) is 2. The molecule has 0 amide bonds. The first-order chi connectivity index (χ1) is 10.2. The first-order valence-electron chi connectivity index (χ1n) is 7.83. The SMILES string of the molecule is Cn1cnc2c1c(=O)n(CCCCCC(C)(C)C)c(=O)n2C. The highest BCUT2D eigenvalue weighted by Gasteiger charge is 2.14. The van der Waals surface area contributed by atoms with Gasteiger partial charge >= 0.3 is 5.69 Å². The van der Waals surface area contributed by atoms with Crippen LogP contribution >= 0.6 is 0 Å². The lowest BCUT2D eigenvalue weighted by molar-refractivity contribution is 0.355. The van der Waals surface area contributed by atoms with Gasteiger partial charge in [-0.3, -0.25) is 13.9 Å². The summed E-state index contributed by atoms with van der Waals surface area (Å²) in [5.41, 5.74) is 0.736. The normalized spacial score (nSPS) is 12.2. The number of aryl methyl sites for hydroxylation is 2. The fourth-order valence-corrected chi connectivity index (χ4v) is 2.70. The molecule has 0 aliphatic rings. The molecule has 2 heterocycles. The predicted octanol–water partition coefficient (Wildman–Crippen LogP) is 2.04. The Hall–Kier alpha value is -1.85. The van der Waals surface area contributed by atoms with E-state index in [-0.39, 0.29) is 11.2 Å². The summed E-state index contributed by atoms with van der Waals surface area (Å²) in [5, 5.41) is 0. The number of imidazole rings is 1. The summed E-state index contributed by atoms with van der Waals surface area (Å²) in [5.74, 6) is 0. The summed E-state index contributed by atoms with van der Waals surface area (Å²) in [6, 6.07) is 0. The third-order valence-corrected chi connectivity index (χ3v) is 4.01. The molecule has 0 spiro atoms. The van der Waals surface area contributed by atoms with Gasteiger partial charge in [-0.15, -0.1) is 0 Å². The highest BCUT2D eigenvalue weighted by atomic mass is 16.2. The molecule has 0 aliphatic carbocycles. The average Bonchev–Trinajstić information content (AvgIpc) is 2.80. The Morgan fingerprint density at radius 2 is 1.77 bits per heavy atom. The van der Waals surface area contributed by atoms with Crippen molar-refractivity contribution < 1.29 is 0 Å². The quantitative estimate of drug-likeness (QED) is 0.794. The van der Waals surface area contributed by atoms with Crippen molar-refractivity contribution >= 4 is 11.2 Å². The smallest absolute Gasteiger partial charge is 0.328 e. The van der Waals surface area contributed by atoms with Gasteiger partial charge in [-0.1, -0.05) is 33.6 Å². The third-order valence-electron chi connectivity index (χ3n) is 4.01. The summed E-state index contributed by atoms with van der Waals surface area (Å²) < 4.78 is 4.46. The molecule has 0 unspecified atom stereocenters. The largest absolute Gasteiger partial charge is 0.332 e. The fourth-order valence-electron chi connectivity index (χ4n) is 2.70. The van der Waals surface area contributed by atoms with Crippen molar-refractivity contribution in [2.24, 2.45) is 19.5 Å². The van der Waals surface area contributed by atoms with Crippen LogP contribution < -0.4 is 11.2 Å². The second kappa shape index (κ2) is 6.10. The van der Waals surface area contributed by atoms with Crippen molar-refractivity contribution in [3.05, 3.63) is 27.2 Å². The zero-order valence-electron chi connectivity index (χ0n) is 14.2. The van der Waals surface area contributed by atoms with E-state index in [1.165, 1.54) is 9.13 Å². The minimum atomic E-state index is -0.285. The number of hydrogen-bond donors (Lipinski definition) is 0. The lowest BCUT2D eigenvalue weighted by Gasteiger charge is -2.17. The van der Waals surface area contributed by atoms with Crippen LogP contribution in [0.5, 0.6) is 0 Å². The minimum absolute atomic E-state index is 0.242. The molecule has 0 atom stereocenters. The van der Waals surface area contributed by atoms with Crippen LogP contribution in [0.2, 0.25) is 0 Å². The van der Waals surface area contributed by atoms with Gasteiger partial charge in [-0.25, -0.2) is 9.78 Å². The van der Waals surface area contributed by atoms with E-state index in [1.54, 1.807) is 25.0 Å². The maximum Gasteiger partial charge on any atom is 0.332 e. The summed E-state index contributed by atoms with van der Waals surface area (Å²) in [6.45, 7) is 7.15. The van der Waals surface area contributed by atoms with Crippen molar-refractivity contribution in [3.63, 3.8) is 0 Å². The van der Waals surface area contributed by atoms with Crippen LogP contribution in [0.4, 0.5) is 0 Å². The van der Waals surface area contributed by atoms with Crippen molar-refractivity contribution in [1.82, 2.24) is 18.7 Å². The second-order valence-corrected chi connectivity index (χ2v) is 7.20. The van der Waals surface area contributed by atoms with Crippen LogP contribution in [0.3, 0.4) is 0 Å². The number of fused-ring (bicyclic) bond motifs is 1. The van der Waals surface area contributed by atoms with Crippen LogP contribution in [-0.4, -0.2) is 18.7 Å². The lowest BCUT2D eigenvalue weighted by atomic mass is 9.89. The first kappa shape index (κ1) is 16.5. The van der Waals surface area contributed by atoms with Crippen molar-refractivity contribution in [1.29, 1.82) is 0 Å². The fraction of sp³-hybridized carbons (Fsp3) is 0.688. The molecular weight excluding hydrogens is 280 g/mol. The van der Waals surface area contributed by atoms with Gasteiger partial charge in [-0.2, -0.15) is 0 Å². The molecule has 6 heteroatoms. The molecule has 0 aromatic carbocycles. The Bertz CT molecular complexity index is 774. The van der Waals surface area contributed by atoms with Crippen LogP contribution in [0, 0.1) is 5.41 Å². The highest BCUT2D eigenvalue weighted by molar-refractivity contribution is 5.69. The summed E-state index contributed by atoms with van der Waals surface area (Å²) in [7, 11) is 3.43. The molecule has 122 valence electrons. The van der Waals surface area contributed by atoms with Crippen LogP contribution in [0.15, 0.2) is 15.9 Å². The Labute approximate surface area is 130 Å². The second-order valence-electron chi connectivity index (χ2n) is 7.20. The summed E-state index contributed by atoms with van der Waals surface area (Å²) in [6.07, 6.45) is 5.71. The average molecular weight is 306 g/mol. The van der Waals surface area contributed by atoms with Crippen LogP contribution in [0.1, 0.15) is 46.5 Å². The molecule has 0 N–H and O–H groups in total. The van der Waals surface area contributed by atoms with Gasteiger partial charge in [0.25, 0.3) is 5.56 Å². The van der Waals surface area contributed by atoms with E-state index in [0.29, 0.717) is 23.1 Å². The third kappa shape index (κ3) is 3.31. The molecule has 6 nitrogen and oxygen atoms in total. The molecule has 2 rings (SSSR count). The number of hydrogen-bond acceptors (Lipinski definition) is 3. The van der Waals surface area contributed by atoms with E-state index in [9.17, 15) is 9.59 Å². The maximum absolute atomic E-state index is 12.5. The Morgan fingerprint density at radius 1 is 1.09 bits per heavy atom. The topological polar surface area (TPSA) is 61.8 Å². The van der Waals surface area contributed by atoms with Crippen molar-refractivity contribution in [3.8, 4) is 0 Å². The van der Waals surface area contributed by atoms with E-state index >= 15 is 0 Å². The monoisotopic (exact) mass is 306 g/mol. The Balaban J connectivity index is 2.17. The molecular formula is C16H26N4O2. The van der Waals surface area contributed by atoms with Gasteiger partial charge in [-0.05, 0) is 18.3 Å². The number of rotatable bonds is 5. The zero-order valence-corrected chi connectivity index (χ0v) is 14.2. The number of nitrogens with zero attached hydrogens (tertiary/aromatic N) is 4. The number of aromatic nitrogens is 4. The van der Waals surface area contributed by atoms with Gasteiger partial charge in [0.05, 0.1) is 6.33 Å². The highest BCUT2D eigenvalue weighted by Crippen LogP contribution is 2.21. The van der Waals surface area contributed by atoms with E-state index in [4.69, 9.17) is 0 Å². The lowest BCUT2D eigenvalue weighted by Crippen LogP contribution is -2.39. The van der Waals surface area contributed by atoms with Gasteiger partial charge < -0.3 is 4.57 Å². The van der Waals surface area contributed by atoms with Gasteiger partial charge in [0, 0.05) is 20.6 Å². The predicted molar refractivity (Wildman–Crippen MR) is 88.1 cm³/mol. The van der Waals surface area contributed by atoms with Gasteiger partial charge in [0.15, 0.2) is 11.2 Å². The summed E-state index contributed by atoms with van der Waals surface area (Å²) in [4.78, 5) is 28.9. The molecule has 0 fully saturated rings. The van der Waals surface area contributed by atoms with Crippen LogP contribution in [0.25, 0.3) is 11.2 Å². The minimum Gasteiger partial charge on any atom is -0.328 e. The molecule has 0 saturated carbocycles. The standard InChI is InChI=1S/C16H26N4O2/c1-16(2,3)9-7-6-8-10-20-14(21)12-13(17-11-18(12)4)19(5)15(20)22/h11H,6-10H2,1-5H3. The molecule has 2 aromatic heterocycles. The van der Waals surface area contributed by atoms with E-state index in [0.717, 1.165) is 25.7 Å². The van der Waals surface area contributed by atoms with E-state index in [2.05, 4.69) is 25.8 Å². The first-order valence-corrected chi connectivity index (χ1v) is 7.83. The Morgan fingerprint density at radius 3 is 2.41 bits per heavy atom. The zero-order chi connectivity index (χ0) is 16.5.